The summed E-state index contributed by atoms with van der Waals surface area (Å²) in [5, 5.41) is 10.8. The highest BCUT2D eigenvalue weighted by atomic mass is 79.9. The number of nitro benzene ring substituents is 1. The van der Waals surface area contributed by atoms with Gasteiger partial charge in [0.15, 0.2) is 5.78 Å². The minimum Gasteiger partial charge on any atom is -0.455 e. The van der Waals surface area contributed by atoms with Gasteiger partial charge in [0, 0.05) is 10.5 Å². The van der Waals surface area contributed by atoms with Gasteiger partial charge in [0.25, 0.3) is 5.69 Å². The minimum absolute atomic E-state index is 0.0883. The van der Waals surface area contributed by atoms with Crippen LogP contribution in [0.25, 0.3) is 0 Å². The summed E-state index contributed by atoms with van der Waals surface area (Å²) < 4.78 is 6.96. The number of nitro groups is 1. The molecule has 0 aliphatic rings. The van der Waals surface area contributed by atoms with Crippen LogP contribution in [0.2, 0.25) is 0 Å². The molecule has 0 radical (unpaired) electrons. The van der Waals surface area contributed by atoms with E-state index in [1.807, 2.05) is 0 Å². The quantitative estimate of drug-likeness (QED) is 0.395. The van der Waals surface area contributed by atoms with Crippen LogP contribution in [0.4, 0.5) is 5.69 Å². The van der Waals surface area contributed by atoms with Crippen LogP contribution < -0.4 is 4.74 Å². The fourth-order valence-electron chi connectivity index (χ4n) is 1.67. The molecule has 5 nitrogen and oxygen atoms in total. The van der Waals surface area contributed by atoms with Gasteiger partial charge in [0.1, 0.15) is 11.5 Å². The molecule has 0 fully saturated rings. The normalized spacial score (nSPS) is 10.2. The number of carbonyl (C=O) groups excluding carboxylic acids is 1. The van der Waals surface area contributed by atoms with Crippen molar-refractivity contribution in [2.75, 3.05) is 0 Å². The number of nitrogens with zero attached hydrogens (tertiary/aromatic N) is 1. The Bertz CT molecular complexity index is 731. The number of carbonyl (C=O) groups is 1. The molecule has 21 heavy (non-hydrogen) atoms. The van der Waals surface area contributed by atoms with Crippen LogP contribution >= 0.6 is 31.9 Å². The Kier molecular flexibility index (Phi) is 4.74. The highest BCUT2D eigenvalue weighted by molar-refractivity contribution is 9.10. The third-order valence-electron chi connectivity index (χ3n) is 2.67. The number of ketones is 1. The molecule has 2 aromatic carbocycles. The van der Waals surface area contributed by atoms with Gasteiger partial charge in [-0.05, 0) is 47.1 Å². The van der Waals surface area contributed by atoms with Gasteiger partial charge in [-0.25, -0.2) is 0 Å². The fraction of sp³-hybridized carbons (Fsp3) is 0.0714. The maximum Gasteiger partial charge on any atom is 0.273 e. The Labute approximate surface area is 137 Å². The highest BCUT2D eigenvalue weighted by Gasteiger charge is 2.15. The van der Waals surface area contributed by atoms with Crippen LogP contribution in [0.3, 0.4) is 0 Å². The number of non-ortho nitro benzene ring substituents is 1. The van der Waals surface area contributed by atoms with Crippen LogP contribution in [-0.4, -0.2) is 10.7 Å². The average Bonchev–Trinajstić information content (AvgIpc) is 2.42. The van der Waals surface area contributed by atoms with Crippen molar-refractivity contribution < 1.29 is 14.5 Å². The van der Waals surface area contributed by atoms with Gasteiger partial charge >= 0.3 is 0 Å². The summed E-state index contributed by atoms with van der Waals surface area (Å²) in [4.78, 5) is 22.0. The van der Waals surface area contributed by atoms with Crippen molar-refractivity contribution in [2.24, 2.45) is 0 Å². The van der Waals surface area contributed by atoms with E-state index >= 15 is 0 Å². The smallest absolute Gasteiger partial charge is 0.273 e. The molecule has 0 saturated carbocycles. The Morgan fingerprint density at radius 2 is 1.86 bits per heavy atom. The zero-order valence-electron chi connectivity index (χ0n) is 10.8. The fourth-order valence-corrected chi connectivity index (χ4v) is 2.36. The molecule has 108 valence electrons. The van der Waals surface area contributed by atoms with E-state index < -0.39 is 4.92 Å². The maximum atomic E-state index is 11.6. The first-order valence-electron chi connectivity index (χ1n) is 5.81. The van der Waals surface area contributed by atoms with E-state index in [1.54, 1.807) is 18.2 Å². The molecule has 0 saturated heterocycles. The molecule has 2 aromatic rings. The molecule has 0 amide bonds. The number of hydrogen-bond acceptors (Lipinski definition) is 4. The predicted molar refractivity (Wildman–Crippen MR) is 85.0 cm³/mol. The molecule has 0 atom stereocenters. The lowest BCUT2D eigenvalue weighted by molar-refractivity contribution is -0.384. The third-order valence-corrected chi connectivity index (χ3v) is 3.81. The SMILES string of the molecule is CC(=O)c1cc(Br)ccc1Oc1cc([N+](=O)[O-])ccc1Br. The number of rotatable bonds is 4. The summed E-state index contributed by atoms with van der Waals surface area (Å²) in [6, 6.07) is 9.20. The van der Waals surface area contributed by atoms with Crippen LogP contribution in [0.1, 0.15) is 17.3 Å². The Balaban J connectivity index is 2.45. The van der Waals surface area contributed by atoms with E-state index in [1.165, 1.54) is 25.1 Å². The zero-order valence-corrected chi connectivity index (χ0v) is 14.0. The van der Waals surface area contributed by atoms with Gasteiger partial charge < -0.3 is 4.74 Å². The minimum atomic E-state index is -0.507. The Morgan fingerprint density at radius 1 is 1.14 bits per heavy atom. The number of benzene rings is 2. The lowest BCUT2D eigenvalue weighted by atomic mass is 10.1. The molecular formula is C14H9Br2NO4. The van der Waals surface area contributed by atoms with Crippen molar-refractivity contribution in [3.05, 3.63) is 61.0 Å². The highest BCUT2D eigenvalue weighted by Crippen LogP contribution is 2.35. The number of halogens is 2. The number of ether oxygens (including phenoxy) is 1. The van der Waals surface area contributed by atoms with Crippen molar-refractivity contribution in [2.45, 2.75) is 6.92 Å². The predicted octanol–water partition coefficient (Wildman–Crippen LogP) is 5.11. The summed E-state index contributed by atoms with van der Waals surface area (Å²) in [5.41, 5.74) is 0.303. The average molecular weight is 415 g/mol. The second-order valence-corrected chi connectivity index (χ2v) is 5.94. The third kappa shape index (κ3) is 3.68. The largest absolute Gasteiger partial charge is 0.455 e. The van der Waals surface area contributed by atoms with Gasteiger partial charge in [-0.1, -0.05) is 15.9 Å². The van der Waals surface area contributed by atoms with Crippen molar-refractivity contribution in [1.29, 1.82) is 0 Å². The van der Waals surface area contributed by atoms with Gasteiger partial charge in [-0.3, -0.25) is 14.9 Å². The van der Waals surface area contributed by atoms with Crippen molar-refractivity contribution in [3.63, 3.8) is 0 Å². The summed E-state index contributed by atoms with van der Waals surface area (Å²) in [5.74, 6) is 0.453. The first-order chi connectivity index (χ1) is 9.88. The molecule has 7 heteroatoms. The van der Waals surface area contributed by atoms with Gasteiger partial charge in [0.2, 0.25) is 0 Å². The standard InChI is InChI=1S/C14H9Br2NO4/c1-8(18)11-6-9(15)2-5-13(11)21-14-7-10(17(19)20)3-4-12(14)16/h2-7H,1H3. The number of hydrogen-bond donors (Lipinski definition) is 0. The summed E-state index contributed by atoms with van der Waals surface area (Å²) in [6.45, 7) is 1.43. The molecule has 0 aliphatic heterocycles. The maximum absolute atomic E-state index is 11.6. The van der Waals surface area contributed by atoms with Crippen LogP contribution in [0, 0.1) is 10.1 Å². The first kappa shape index (κ1) is 15.7. The summed E-state index contributed by atoms with van der Waals surface area (Å²) >= 11 is 6.56. The van der Waals surface area contributed by atoms with E-state index in [-0.39, 0.29) is 17.2 Å². The van der Waals surface area contributed by atoms with E-state index in [2.05, 4.69) is 31.9 Å². The van der Waals surface area contributed by atoms with Crippen molar-refractivity contribution in [1.82, 2.24) is 0 Å². The lowest BCUT2D eigenvalue weighted by Gasteiger charge is -2.11. The molecule has 0 spiro atoms. The second-order valence-electron chi connectivity index (χ2n) is 4.17. The second kappa shape index (κ2) is 6.36. The molecule has 2 rings (SSSR count). The molecule has 0 heterocycles. The Hall–Kier alpha value is -1.73. The molecule has 0 aromatic heterocycles. The zero-order chi connectivity index (χ0) is 15.6. The van der Waals surface area contributed by atoms with E-state index in [0.29, 0.717) is 15.8 Å². The summed E-state index contributed by atoms with van der Waals surface area (Å²) in [7, 11) is 0. The molecular weight excluding hydrogens is 406 g/mol. The monoisotopic (exact) mass is 413 g/mol. The van der Waals surface area contributed by atoms with Gasteiger partial charge in [0.05, 0.1) is 21.0 Å². The van der Waals surface area contributed by atoms with Crippen molar-refractivity contribution >= 4 is 43.3 Å². The van der Waals surface area contributed by atoms with E-state index in [9.17, 15) is 14.9 Å². The van der Waals surface area contributed by atoms with E-state index in [4.69, 9.17) is 4.74 Å². The molecule has 0 unspecified atom stereocenters. The van der Waals surface area contributed by atoms with Crippen LogP contribution in [0.5, 0.6) is 11.5 Å². The number of Topliss-reactive ketones (excluding diaryl/α,β-unsaturated/α-hetero) is 1. The molecule has 0 aliphatic carbocycles. The van der Waals surface area contributed by atoms with E-state index in [0.717, 1.165) is 4.47 Å². The topological polar surface area (TPSA) is 69.4 Å². The molecule has 0 bridgehead atoms. The van der Waals surface area contributed by atoms with Crippen molar-refractivity contribution in [3.8, 4) is 11.5 Å². The van der Waals surface area contributed by atoms with Crippen LogP contribution in [-0.2, 0) is 0 Å². The van der Waals surface area contributed by atoms with Gasteiger partial charge in [-0.15, -0.1) is 0 Å². The van der Waals surface area contributed by atoms with Crippen LogP contribution in [0.15, 0.2) is 45.3 Å². The van der Waals surface area contributed by atoms with Gasteiger partial charge in [-0.2, -0.15) is 0 Å². The first-order valence-corrected chi connectivity index (χ1v) is 7.39. The Morgan fingerprint density at radius 3 is 2.48 bits per heavy atom. The molecule has 0 N–H and O–H groups in total. The lowest BCUT2D eigenvalue weighted by Crippen LogP contribution is -1.98. The summed E-state index contributed by atoms with van der Waals surface area (Å²) in [6.07, 6.45) is 0.